The van der Waals surface area contributed by atoms with E-state index in [-0.39, 0.29) is 0 Å². The number of rotatable bonds is 6. The maximum atomic E-state index is 5.57. The van der Waals surface area contributed by atoms with Crippen LogP contribution in [0, 0.1) is 6.92 Å². The molecule has 3 aromatic heterocycles. The molecule has 1 saturated heterocycles. The summed E-state index contributed by atoms with van der Waals surface area (Å²) in [5, 5.41) is 0. The fourth-order valence-corrected chi connectivity index (χ4v) is 4.93. The number of hydrogen-bond donors (Lipinski definition) is 0. The van der Waals surface area contributed by atoms with Gasteiger partial charge in [0.2, 0.25) is 0 Å². The lowest BCUT2D eigenvalue weighted by atomic mass is 10.1. The third-order valence-corrected chi connectivity index (χ3v) is 6.76. The van der Waals surface area contributed by atoms with Crippen molar-refractivity contribution >= 4 is 28.2 Å². The van der Waals surface area contributed by atoms with Crippen LogP contribution in [0.25, 0.3) is 32.2 Å². The van der Waals surface area contributed by atoms with Crippen LogP contribution in [-0.2, 0) is 16.0 Å². The number of hydrogen-bond acceptors (Lipinski definition) is 6. The summed E-state index contributed by atoms with van der Waals surface area (Å²) in [6, 6.07) is 15.2. The zero-order chi connectivity index (χ0) is 21.2. The number of fused-ring (bicyclic) bond motifs is 1. The summed E-state index contributed by atoms with van der Waals surface area (Å²) in [6.07, 6.45) is 1.87. The van der Waals surface area contributed by atoms with Crippen LogP contribution < -0.4 is 4.90 Å². The molecular formula is C24H26N4O2S. The van der Waals surface area contributed by atoms with E-state index >= 15 is 0 Å². The zero-order valence-corrected chi connectivity index (χ0v) is 18.7. The lowest BCUT2D eigenvalue weighted by Crippen LogP contribution is -2.36. The average molecular weight is 435 g/mol. The van der Waals surface area contributed by atoms with E-state index in [9.17, 15) is 0 Å². The zero-order valence-electron chi connectivity index (χ0n) is 17.9. The molecule has 0 N–H and O–H groups in total. The monoisotopic (exact) mass is 434 g/mol. The van der Waals surface area contributed by atoms with Crippen LogP contribution in [0.15, 0.2) is 48.8 Å². The Hall–Kier alpha value is -2.74. The summed E-state index contributed by atoms with van der Waals surface area (Å²) >= 11 is 1.78. The van der Waals surface area contributed by atoms with Crippen LogP contribution in [0.5, 0.6) is 0 Å². The molecule has 0 aliphatic carbocycles. The molecule has 0 amide bonds. The van der Waals surface area contributed by atoms with Crippen molar-refractivity contribution < 1.29 is 9.47 Å². The van der Waals surface area contributed by atoms with Crippen molar-refractivity contribution in [1.82, 2.24) is 14.5 Å². The highest BCUT2D eigenvalue weighted by molar-refractivity contribution is 7.18. The number of thiophene rings is 1. The Balaban J connectivity index is 1.59. The topological polar surface area (TPSA) is 52.4 Å². The molecule has 6 nitrogen and oxygen atoms in total. The van der Waals surface area contributed by atoms with E-state index in [1.54, 1.807) is 18.4 Å². The molecule has 1 aliphatic rings. The van der Waals surface area contributed by atoms with Crippen molar-refractivity contribution in [2.75, 3.05) is 44.9 Å². The summed E-state index contributed by atoms with van der Waals surface area (Å²) < 4.78 is 12.9. The van der Waals surface area contributed by atoms with Gasteiger partial charge in [-0.25, -0.2) is 9.97 Å². The van der Waals surface area contributed by atoms with Crippen LogP contribution in [0.4, 0.5) is 5.69 Å². The number of pyridine rings is 1. The standard InChI is InChI=1S/C24H26N4O2S/c1-17-4-3-5-18(14-17)21-6-7-22(31-21)19-15-20(27-9-12-30-13-10-27)23-24(26-19)28(16-25-23)8-11-29-2/h3-7,14-16H,8-13H2,1-2H3. The number of nitrogens with zero attached hydrogens (tertiary/aromatic N) is 4. The second-order valence-electron chi connectivity index (χ2n) is 7.76. The third kappa shape index (κ3) is 4.08. The van der Waals surface area contributed by atoms with Crippen molar-refractivity contribution in [2.24, 2.45) is 0 Å². The molecule has 4 aromatic rings. The molecule has 0 saturated carbocycles. The predicted octanol–water partition coefficient (Wildman–Crippen LogP) is 4.62. The van der Waals surface area contributed by atoms with Crippen LogP contribution in [0.1, 0.15) is 5.56 Å². The predicted molar refractivity (Wildman–Crippen MR) is 126 cm³/mol. The van der Waals surface area contributed by atoms with Gasteiger partial charge >= 0.3 is 0 Å². The van der Waals surface area contributed by atoms with Gasteiger partial charge in [0.25, 0.3) is 0 Å². The smallest absolute Gasteiger partial charge is 0.162 e. The normalized spacial score (nSPS) is 14.5. The Bertz CT molecular complexity index is 1190. The molecule has 160 valence electrons. The number of ether oxygens (including phenoxy) is 2. The van der Waals surface area contributed by atoms with Gasteiger partial charge in [-0.3, -0.25) is 0 Å². The minimum atomic E-state index is 0.626. The molecule has 1 aliphatic heterocycles. The molecule has 4 heterocycles. The van der Waals surface area contributed by atoms with Gasteiger partial charge in [0.05, 0.1) is 42.4 Å². The minimum Gasteiger partial charge on any atom is -0.383 e. The van der Waals surface area contributed by atoms with Gasteiger partial charge in [-0.1, -0.05) is 29.8 Å². The molecule has 0 spiro atoms. The Kier molecular flexibility index (Phi) is 5.72. The second kappa shape index (κ2) is 8.78. The van der Waals surface area contributed by atoms with Gasteiger partial charge in [-0.05, 0) is 30.7 Å². The van der Waals surface area contributed by atoms with Crippen LogP contribution in [0.3, 0.4) is 0 Å². The van der Waals surface area contributed by atoms with E-state index in [0.29, 0.717) is 6.61 Å². The molecule has 0 bridgehead atoms. The highest BCUT2D eigenvalue weighted by atomic mass is 32.1. The SMILES string of the molecule is COCCn1cnc2c(N3CCOCC3)cc(-c3ccc(-c4cccc(C)c4)s3)nc21. The molecule has 0 atom stereocenters. The van der Waals surface area contributed by atoms with E-state index in [2.05, 4.69) is 58.9 Å². The van der Waals surface area contributed by atoms with Crippen molar-refractivity contribution in [3.05, 3.63) is 54.4 Å². The van der Waals surface area contributed by atoms with Crippen molar-refractivity contribution in [2.45, 2.75) is 13.5 Å². The molecule has 31 heavy (non-hydrogen) atoms. The Morgan fingerprint density at radius 1 is 1.10 bits per heavy atom. The van der Waals surface area contributed by atoms with Gasteiger partial charge in [-0.15, -0.1) is 11.3 Å². The molecular weight excluding hydrogens is 408 g/mol. The highest BCUT2D eigenvalue weighted by Crippen LogP contribution is 2.37. The molecule has 0 unspecified atom stereocenters. The lowest BCUT2D eigenvalue weighted by Gasteiger charge is -2.29. The summed E-state index contributed by atoms with van der Waals surface area (Å²) in [5.74, 6) is 0. The van der Waals surface area contributed by atoms with E-state index in [1.807, 2.05) is 6.33 Å². The largest absolute Gasteiger partial charge is 0.383 e. The Morgan fingerprint density at radius 2 is 1.94 bits per heavy atom. The lowest BCUT2D eigenvalue weighted by molar-refractivity contribution is 0.123. The number of morpholine rings is 1. The molecule has 7 heteroatoms. The van der Waals surface area contributed by atoms with Crippen LogP contribution in [0.2, 0.25) is 0 Å². The summed E-state index contributed by atoms with van der Waals surface area (Å²) in [5.41, 5.74) is 6.47. The number of methoxy groups -OCH3 is 1. The first-order chi connectivity index (χ1) is 15.2. The number of anilines is 1. The Morgan fingerprint density at radius 3 is 2.74 bits per heavy atom. The molecule has 0 radical (unpaired) electrons. The van der Waals surface area contributed by atoms with E-state index in [1.165, 1.54) is 16.0 Å². The first-order valence-corrected chi connectivity index (χ1v) is 11.4. The first kappa shape index (κ1) is 20.2. The van der Waals surface area contributed by atoms with Gasteiger partial charge in [0.15, 0.2) is 5.65 Å². The van der Waals surface area contributed by atoms with E-state index in [4.69, 9.17) is 19.4 Å². The summed E-state index contributed by atoms with van der Waals surface area (Å²) in [6.45, 7) is 6.68. The summed E-state index contributed by atoms with van der Waals surface area (Å²) in [4.78, 5) is 14.5. The molecule has 1 fully saturated rings. The Labute approximate surface area is 186 Å². The maximum Gasteiger partial charge on any atom is 0.162 e. The van der Waals surface area contributed by atoms with Gasteiger partial charge in [0, 0.05) is 31.6 Å². The molecule has 1 aromatic carbocycles. The average Bonchev–Trinajstić information content (AvgIpc) is 3.45. The van der Waals surface area contributed by atoms with Gasteiger partial charge in [-0.2, -0.15) is 0 Å². The van der Waals surface area contributed by atoms with Crippen molar-refractivity contribution in [3.8, 4) is 21.0 Å². The van der Waals surface area contributed by atoms with Crippen molar-refractivity contribution in [3.63, 3.8) is 0 Å². The van der Waals surface area contributed by atoms with Gasteiger partial charge in [0.1, 0.15) is 5.52 Å². The minimum absolute atomic E-state index is 0.626. The van der Waals surface area contributed by atoms with E-state index < -0.39 is 0 Å². The van der Waals surface area contributed by atoms with Crippen LogP contribution >= 0.6 is 11.3 Å². The fourth-order valence-electron chi connectivity index (χ4n) is 3.97. The van der Waals surface area contributed by atoms with Crippen LogP contribution in [-0.4, -0.2) is 54.6 Å². The van der Waals surface area contributed by atoms with Crippen molar-refractivity contribution in [1.29, 1.82) is 0 Å². The highest BCUT2D eigenvalue weighted by Gasteiger charge is 2.20. The number of aryl methyl sites for hydroxylation is 1. The van der Waals surface area contributed by atoms with Gasteiger partial charge < -0.3 is 18.9 Å². The fraction of sp³-hybridized carbons (Fsp3) is 0.333. The van der Waals surface area contributed by atoms with E-state index in [0.717, 1.165) is 60.3 Å². The number of aromatic nitrogens is 3. The number of benzene rings is 1. The maximum absolute atomic E-state index is 5.57. The number of imidazole rings is 1. The first-order valence-electron chi connectivity index (χ1n) is 10.6. The molecule has 5 rings (SSSR count). The summed E-state index contributed by atoms with van der Waals surface area (Å²) in [7, 11) is 1.72. The quantitative estimate of drug-likeness (QED) is 0.443. The second-order valence-corrected chi connectivity index (χ2v) is 8.85. The third-order valence-electron chi connectivity index (χ3n) is 5.60.